The van der Waals surface area contributed by atoms with E-state index in [-0.39, 0.29) is 11.0 Å². The van der Waals surface area contributed by atoms with Crippen LogP contribution in [-0.2, 0) is 4.74 Å². The summed E-state index contributed by atoms with van der Waals surface area (Å²) in [7, 11) is 0. The van der Waals surface area contributed by atoms with Crippen LogP contribution in [0.25, 0.3) is 0 Å². The quantitative estimate of drug-likeness (QED) is 0.585. The largest absolute Gasteiger partial charge is 0.354 e. The highest BCUT2D eigenvalue weighted by molar-refractivity contribution is 5.63. The summed E-state index contributed by atoms with van der Waals surface area (Å²) in [6.45, 7) is 12.9. The minimum atomic E-state index is -0.0881. The molecule has 0 spiro atoms. The van der Waals surface area contributed by atoms with E-state index in [1.54, 1.807) is 0 Å². The van der Waals surface area contributed by atoms with E-state index in [1.807, 2.05) is 27.0 Å². The van der Waals surface area contributed by atoms with Crippen LogP contribution in [0.4, 0.5) is 0 Å². The molecule has 0 aromatic rings. The van der Waals surface area contributed by atoms with Crippen molar-refractivity contribution in [3.8, 4) is 0 Å². The van der Waals surface area contributed by atoms with Crippen molar-refractivity contribution in [1.29, 1.82) is 0 Å². The van der Waals surface area contributed by atoms with Gasteiger partial charge in [-0.2, -0.15) is 0 Å². The van der Waals surface area contributed by atoms with Crippen molar-refractivity contribution in [3.05, 3.63) is 0 Å². The van der Waals surface area contributed by atoms with Crippen LogP contribution in [0.2, 0.25) is 0 Å². The fourth-order valence-corrected chi connectivity index (χ4v) is 0.542. The molecule has 0 amide bonds. The normalized spacial score (nSPS) is 14.2. The molecular weight excluding hydrogens is 150 g/mol. The standard InChI is InChI=1S/C10H21NO/c1-9(2,3)7-11-8-12-10(4,5)6/h7H,8H2,1-6H3/b11-7-. The Kier molecular flexibility index (Phi) is 3.91. The van der Waals surface area contributed by atoms with E-state index < -0.39 is 0 Å². The van der Waals surface area contributed by atoms with Crippen LogP contribution >= 0.6 is 0 Å². The van der Waals surface area contributed by atoms with Gasteiger partial charge in [-0.15, -0.1) is 0 Å². The fraction of sp³-hybridized carbons (Fsp3) is 0.900. The second-order valence-corrected chi connectivity index (χ2v) is 5.06. The van der Waals surface area contributed by atoms with Gasteiger partial charge in [-0.05, 0) is 26.2 Å². The van der Waals surface area contributed by atoms with Crippen molar-refractivity contribution in [1.82, 2.24) is 0 Å². The Morgan fingerprint density at radius 3 is 1.92 bits per heavy atom. The Morgan fingerprint density at radius 2 is 1.58 bits per heavy atom. The van der Waals surface area contributed by atoms with Gasteiger partial charge in [-0.3, -0.25) is 4.99 Å². The second-order valence-electron chi connectivity index (χ2n) is 5.06. The maximum Gasteiger partial charge on any atom is 0.137 e. The Hall–Kier alpha value is -0.370. The summed E-state index contributed by atoms with van der Waals surface area (Å²) in [6.07, 6.45) is 1.93. The Balaban J connectivity index is 3.64. The van der Waals surface area contributed by atoms with Crippen LogP contribution in [0, 0.1) is 5.41 Å². The third-order valence-corrected chi connectivity index (χ3v) is 1.05. The lowest BCUT2D eigenvalue weighted by atomic mass is 9.99. The Morgan fingerprint density at radius 1 is 1.08 bits per heavy atom. The highest BCUT2D eigenvalue weighted by atomic mass is 16.5. The van der Waals surface area contributed by atoms with E-state index in [9.17, 15) is 0 Å². The maximum absolute atomic E-state index is 5.43. The number of ether oxygens (including phenoxy) is 1. The highest BCUT2D eigenvalue weighted by Gasteiger charge is 2.09. The Labute approximate surface area is 76.0 Å². The van der Waals surface area contributed by atoms with Gasteiger partial charge in [0.05, 0.1) is 5.60 Å². The first-order valence-electron chi connectivity index (χ1n) is 4.36. The molecule has 0 fully saturated rings. The molecule has 0 aliphatic heterocycles. The summed E-state index contributed by atoms with van der Waals surface area (Å²) in [4.78, 5) is 4.18. The molecule has 2 heteroatoms. The van der Waals surface area contributed by atoms with Crippen LogP contribution in [0.15, 0.2) is 4.99 Å². The lowest BCUT2D eigenvalue weighted by molar-refractivity contribution is 0.00195. The van der Waals surface area contributed by atoms with Gasteiger partial charge >= 0.3 is 0 Å². The van der Waals surface area contributed by atoms with E-state index in [4.69, 9.17) is 4.74 Å². The summed E-state index contributed by atoms with van der Waals surface area (Å²) in [5.74, 6) is 0. The summed E-state index contributed by atoms with van der Waals surface area (Å²) >= 11 is 0. The number of rotatable bonds is 2. The van der Waals surface area contributed by atoms with Gasteiger partial charge in [0.1, 0.15) is 6.73 Å². The van der Waals surface area contributed by atoms with Crippen LogP contribution in [0.5, 0.6) is 0 Å². The van der Waals surface area contributed by atoms with Gasteiger partial charge in [-0.1, -0.05) is 20.8 Å². The van der Waals surface area contributed by atoms with E-state index in [2.05, 4.69) is 25.8 Å². The molecule has 0 saturated carbocycles. The molecule has 72 valence electrons. The molecule has 0 aliphatic rings. The molecule has 0 heterocycles. The zero-order chi connectivity index (χ0) is 9.83. The molecule has 0 aromatic heterocycles. The van der Waals surface area contributed by atoms with Crippen molar-refractivity contribution < 1.29 is 4.74 Å². The van der Waals surface area contributed by atoms with Gasteiger partial charge in [-0.25, -0.2) is 0 Å². The third kappa shape index (κ3) is 9.63. The van der Waals surface area contributed by atoms with Gasteiger partial charge in [0.2, 0.25) is 0 Å². The molecule has 0 atom stereocenters. The summed E-state index contributed by atoms with van der Waals surface area (Å²) in [5, 5.41) is 0. The SMILES string of the molecule is CC(C)(C)/C=N\COC(C)(C)C. The van der Waals surface area contributed by atoms with Crippen LogP contribution in [-0.4, -0.2) is 18.5 Å². The number of hydrogen-bond donors (Lipinski definition) is 0. The fourth-order valence-electron chi connectivity index (χ4n) is 0.542. The molecule has 0 N–H and O–H groups in total. The molecule has 0 bridgehead atoms. The lowest BCUT2D eigenvalue weighted by Gasteiger charge is -2.18. The van der Waals surface area contributed by atoms with Gasteiger partial charge in [0.25, 0.3) is 0 Å². The average Bonchev–Trinajstić information content (AvgIpc) is 1.76. The molecule has 0 radical (unpaired) electrons. The smallest absolute Gasteiger partial charge is 0.137 e. The molecule has 0 aliphatic carbocycles. The topological polar surface area (TPSA) is 21.6 Å². The van der Waals surface area contributed by atoms with Gasteiger partial charge in [0, 0.05) is 6.21 Å². The number of hydrogen-bond acceptors (Lipinski definition) is 2. The van der Waals surface area contributed by atoms with Crippen molar-refractivity contribution >= 4 is 6.21 Å². The van der Waals surface area contributed by atoms with Gasteiger partial charge in [0.15, 0.2) is 0 Å². The molecular formula is C10H21NO. The molecule has 2 nitrogen and oxygen atoms in total. The predicted octanol–water partition coefficient (Wildman–Crippen LogP) is 2.88. The van der Waals surface area contributed by atoms with Gasteiger partial charge < -0.3 is 4.74 Å². The first kappa shape index (κ1) is 11.6. The zero-order valence-corrected chi connectivity index (χ0v) is 9.14. The summed E-state index contributed by atoms with van der Waals surface area (Å²) in [5.41, 5.74) is 0.0659. The van der Waals surface area contributed by atoms with E-state index in [0.717, 1.165) is 0 Å². The maximum atomic E-state index is 5.43. The molecule has 0 saturated heterocycles. The van der Waals surface area contributed by atoms with E-state index in [0.29, 0.717) is 6.73 Å². The zero-order valence-electron chi connectivity index (χ0n) is 9.14. The number of nitrogens with zero attached hydrogens (tertiary/aromatic N) is 1. The van der Waals surface area contributed by atoms with Crippen molar-refractivity contribution in [3.63, 3.8) is 0 Å². The first-order chi connectivity index (χ1) is 5.21. The summed E-state index contributed by atoms with van der Waals surface area (Å²) in [6, 6.07) is 0. The lowest BCUT2D eigenvalue weighted by Crippen LogP contribution is -2.19. The predicted molar refractivity (Wildman–Crippen MR) is 53.7 cm³/mol. The van der Waals surface area contributed by atoms with Crippen LogP contribution in [0.1, 0.15) is 41.5 Å². The van der Waals surface area contributed by atoms with Crippen molar-refractivity contribution in [2.45, 2.75) is 47.1 Å². The second kappa shape index (κ2) is 4.04. The van der Waals surface area contributed by atoms with Crippen LogP contribution in [0.3, 0.4) is 0 Å². The third-order valence-electron chi connectivity index (χ3n) is 1.05. The van der Waals surface area contributed by atoms with E-state index >= 15 is 0 Å². The summed E-state index contributed by atoms with van der Waals surface area (Å²) < 4.78 is 5.43. The van der Waals surface area contributed by atoms with E-state index in [1.165, 1.54) is 0 Å². The Bertz CT molecular complexity index is 148. The minimum absolute atomic E-state index is 0.0881. The molecule has 0 unspecified atom stereocenters. The molecule has 0 rings (SSSR count). The van der Waals surface area contributed by atoms with Crippen LogP contribution < -0.4 is 0 Å². The average molecular weight is 171 g/mol. The molecule has 0 aromatic carbocycles. The monoisotopic (exact) mass is 171 g/mol. The molecule has 12 heavy (non-hydrogen) atoms. The number of aliphatic imine (C=N–C) groups is 1. The van der Waals surface area contributed by atoms with Crippen molar-refractivity contribution in [2.24, 2.45) is 10.4 Å². The first-order valence-corrected chi connectivity index (χ1v) is 4.36. The minimum Gasteiger partial charge on any atom is -0.354 e. The van der Waals surface area contributed by atoms with Crippen molar-refractivity contribution in [2.75, 3.05) is 6.73 Å². The highest BCUT2D eigenvalue weighted by Crippen LogP contribution is 2.09.